The molecule has 0 unspecified atom stereocenters. The number of hydrogen-bond donors (Lipinski definition) is 0. The van der Waals surface area contributed by atoms with E-state index in [1.165, 1.54) is 0 Å². The average Bonchev–Trinajstić information content (AvgIpc) is 2.38. The summed E-state index contributed by atoms with van der Waals surface area (Å²) in [5.41, 5.74) is 1.61. The molecular weight excluding hydrogens is 210 g/mol. The van der Waals surface area contributed by atoms with Crippen LogP contribution in [-0.2, 0) is 0 Å². The fraction of sp³-hybridized carbons (Fsp3) is 0.200. The maximum absolute atomic E-state index is 12.0. The fourth-order valence-corrected chi connectivity index (χ4v) is 1.77. The summed E-state index contributed by atoms with van der Waals surface area (Å²) in [6, 6.07) is 9.47. The van der Waals surface area contributed by atoms with Gasteiger partial charge in [-0.2, -0.15) is 0 Å². The highest BCUT2D eigenvalue weighted by molar-refractivity contribution is 6.07. The van der Waals surface area contributed by atoms with Crippen LogP contribution in [0.5, 0.6) is 0 Å². The van der Waals surface area contributed by atoms with Gasteiger partial charge in [-0.1, -0.05) is 18.2 Å². The highest BCUT2D eigenvalue weighted by Crippen LogP contribution is 2.17. The molecule has 0 N–H and O–H groups in total. The number of Topliss-reactive ketones (excluding diaryl/α,β-unsaturated/α-hetero) is 1. The molecule has 2 heteroatoms. The monoisotopic (exact) mass is 223 g/mol. The van der Waals surface area contributed by atoms with E-state index in [1.54, 1.807) is 19.2 Å². The maximum atomic E-state index is 12.0. The number of rotatable bonds is 3. The van der Waals surface area contributed by atoms with Gasteiger partial charge in [0, 0.05) is 30.0 Å². The van der Waals surface area contributed by atoms with Gasteiger partial charge in [-0.25, -0.2) is 0 Å². The van der Waals surface area contributed by atoms with E-state index in [0.29, 0.717) is 12.8 Å². The molecule has 0 aliphatic carbocycles. The van der Waals surface area contributed by atoms with Gasteiger partial charge in [-0.3, -0.25) is 9.78 Å². The van der Waals surface area contributed by atoms with Gasteiger partial charge in [-0.15, -0.1) is 11.8 Å². The van der Waals surface area contributed by atoms with Crippen molar-refractivity contribution in [1.82, 2.24) is 4.98 Å². The molecule has 0 aliphatic rings. The van der Waals surface area contributed by atoms with Gasteiger partial charge in [0.2, 0.25) is 0 Å². The van der Waals surface area contributed by atoms with Crippen LogP contribution in [0.25, 0.3) is 10.9 Å². The van der Waals surface area contributed by atoms with Crippen molar-refractivity contribution < 1.29 is 4.79 Å². The first-order valence-corrected chi connectivity index (χ1v) is 5.59. The zero-order valence-corrected chi connectivity index (χ0v) is 9.73. The molecule has 0 amide bonds. The summed E-state index contributed by atoms with van der Waals surface area (Å²) < 4.78 is 0. The summed E-state index contributed by atoms with van der Waals surface area (Å²) in [7, 11) is 0. The third-order valence-corrected chi connectivity index (χ3v) is 2.60. The molecule has 0 aliphatic heterocycles. The van der Waals surface area contributed by atoms with Crippen LogP contribution in [0.1, 0.15) is 30.1 Å². The van der Waals surface area contributed by atoms with E-state index in [9.17, 15) is 4.79 Å². The van der Waals surface area contributed by atoms with Gasteiger partial charge in [0.05, 0.1) is 5.52 Å². The van der Waals surface area contributed by atoms with Gasteiger partial charge < -0.3 is 0 Å². The molecular formula is C15H13NO. The number of para-hydroxylation sites is 1. The second kappa shape index (κ2) is 5.27. The number of benzene rings is 1. The molecule has 17 heavy (non-hydrogen) atoms. The predicted octanol–water partition coefficient (Wildman–Crippen LogP) is 3.22. The standard InChI is InChI=1S/C15H13NO/c1-2-3-4-9-15(17)13-10-11-16-14-8-6-5-7-12(13)14/h5-8,10-11H,4,9H2,1H3. The Bertz CT molecular complexity index is 600. The van der Waals surface area contributed by atoms with Crippen LogP contribution < -0.4 is 0 Å². The van der Waals surface area contributed by atoms with E-state index in [0.717, 1.165) is 16.5 Å². The van der Waals surface area contributed by atoms with Crippen LogP contribution in [0.2, 0.25) is 0 Å². The van der Waals surface area contributed by atoms with E-state index in [2.05, 4.69) is 16.8 Å². The Hall–Kier alpha value is -2.14. The zero-order valence-electron chi connectivity index (χ0n) is 9.73. The Kier molecular flexibility index (Phi) is 3.52. The molecule has 1 aromatic heterocycles. The Morgan fingerprint density at radius 2 is 2.12 bits per heavy atom. The molecule has 0 saturated carbocycles. The molecule has 2 nitrogen and oxygen atoms in total. The zero-order chi connectivity index (χ0) is 12.1. The summed E-state index contributed by atoms with van der Waals surface area (Å²) in [5.74, 6) is 5.84. The number of ketones is 1. The number of aromatic nitrogens is 1. The van der Waals surface area contributed by atoms with Gasteiger partial charge in [0.1, 0.15) is 0 Å². The van der Waals surface area contributed by atoms with E-state index in [-0.39, 0.29) is 5.78 Å². The first kappa shape index (κ1) is 11.3. The van der Waals surface area contributed by atoms with Crippen LogP contribution in [0.3, 0.4) is 0 Å². The van der Waals surface area contributed by atoms with Crippen LogP contribution in [0.15, 0.2) is 36.5 Å². The van der Waals surface area contributed by atoms with Crippen molar-refractivity contribution in [3.05, 3.63) is 42.1 Å². The molecule has 0 radical (unpaired) electrons. The van der Waals surface area contributed by atoms with Crippen LogP contribution >= 0.6 is 0 Å². The first-order chi connectivity index (χ1) is 8.33. The van der Waals surface area contributed by atoms with Crippen molar-refractivity contribution >= 4 is 16.7 Å². The summed E-state index contributed by atoms with van der Waals surface area (Å²) in [4.78, 5) is 16.3. The van der Waals surface area contributed by atoms with Crippen LogP contribution in [0.4, 0.5) is 0 Å². The number of carbonyl (C=O) groups excluding carboxylic acids is 1. The number of pyridine rings is 1. The lowest BCUT2D eigenvalue weighted by atomic mass is 10.0. The largest absolute Gasteiger partial charge is 0.294 e. The number of fused-ring (bicyclic) bond motifs is 1. The minimum atomic E-state index is 0.131. The lowest BCUT2D eigenvalue weighted by Gasteiger charge is -2.03. The molecule has 0 atom stereocenters. The van der Waals surface area contributed by atoms with Gasteiger partial charge >= 0.3 is 0 Å². The third kappa shape index (κ3) is 2.51. The van der Waals surface area contributed by atoms with Crippen molar-refractivity contribution in [1.29, 1.82) is 0 Å². The SMILES string of the molecule is CC#CCCC(=O)c1ccnc2ccccc12. The normalized spacial score (nSPS) is 9.71. The van der Waals surface area contributed by atoms with Crippen molar-refractivity contribution in [2.45, 2.75) is 19.8 Å². The van der Waals surface area contributed by atoms with Crippen molar-refractivity contribution in [2.24, 2.45) is 0 Å². The summed E-state index contributed by atoms with van der Waals surface area (Å²) in [6.45, 7) is 1.78. The van der Waals surface area contributed by atoms with Crippen molar-refractivity contribution in [2.75, 3.05) is 0 Å². The van der Waals surface area contributed by atoms with Crippen LogP contribution in [-0.4, -0.2) is 10.8 Å². The highest BCUT2D eigenvalue weighted by atomic mass is 16.1. The Morgan fingerprint density at radius 1 is 1.29 bits per heavy atom. The minimum absolute atomic E-state index is 0.131. The first-order valence-electron chi connectivity index (χ1n) is 5.59. The lowest BCUT2D eigenvalue weighted by Crippen LogP contribution is -2.00. The fourth-order valence-electron chi connectivity index (χ4n) is 1.77. The highest BCUT2D eigenvalue weighted by Gasteiger charge is 2.09. The van der Waals surface area contributed by atoms with E-state index in [4.69, 9.17) is 0 Å². The summed E-state index contributed by atoms with van der Waals surface area (Å²) >= 11 is 0. The molecule has 1 aromatic carbocycles. The maximum Gasteiger partial charge on any atom is 0.164 e. The van der Waals surface area contributed by atoms with Gasteiger partial charge in [0.15, 0.2) is 5.78 Å². The van der Waals surface area contributed by atoms with Crippen molar-refractivity contribution in [3.63, 3.8) is 0 Å². The molecule has 0 spiro atoms. The smallest absolute Gasteiger partial charge is 0.164 e. The Morgan fingerprint density at radius 3 is 2.94 bits per heavy atom. The average molecular weight is 223 g/mol. The van der Waals surface area contributed by atoms with Crippen molar-refractivity contribution in [3.8, 4) is 11.8 Å². The molecule has 1 heterocycles. The van der Waals surface area contributed by atoms with E-state index in [1.807, 2.05) is 24.3 Å². The summed E-state index contributed by atoms with van der Waals surface area (Å²) in [6.07, 6.45) is 2.77. The quantitative estimate of drug-likeness (QED) is 0.590. The third-order valence-electron chi connectivity index (χ3n) is 2.60. The van der Waals surface area contributed by atoms with Gasteiger partial charge in [0.25, 0.3) is 0 Å². The van der Waals surface area contributed by atoms with Crippen LogP contribution in [0, 0.1) is 11.8 Å². The molecule has 0 fully saturated rings. The summed E-state index contributed by atoms with van der Waals surface area (Å²) in [5, 5.41) is 0.921. The minimum Gasteiger partial charge on any atom is -0.294 e. The second-order valence-corrected chi connectivity index (χ2v) is 3.73. The second-order valence-electron chi connectivity index (χ2n) is 3.73. The topological polar surface area (TPSA) is 30.0 Å². The van der Waals surface area contributed by atoms with E-state index >= 15 is 0 Å². The number of carbonyl (C=O) groups is 1. The molecule has 2 rings (SSSR count). The Balaban J connectivity index is 2.34. The lowest BCUT2D eigenvalue weighted by molar-refractivity contribution is 0.0986. The number of nitrogens with zero attached hydrogens (tertiary/aromatic N) is 1. The Labute approximate surface area is 101 Å². The van der Waals surface area contributed by atoms with Gasteiger partial charge in [-0.05, 0) is 19.1 Å². The number of hydrogen-bond acceptors (Lipinski definition) is 2. The molecule has 84 valence electrons. The molecule has 0 bridgehead atoms. The predicted molar refractivity (Wildman–Crippen MR) is 68.8 cm³/mol. The van der Waals surface area contributed by atoms with E-state index < -0.39 is 0 Å². The molecule has 2 aromatic rings. The molecule has 0 saturated heterocycles.